The molecule has 0 bridgehead atoms. The van der Waals surface area contributed by atoms with Gasteiger partial charge in [0.15, 0.2) is 6.29 Å². The Kier molecular flexibility index (Phi) is 6.35. The van der Waals surface area contributed by atoms with Gasteiger partial charge < -0.3 is 20.1 Å². The first-order valence-electron chi connectivity index (χ1n) is 10.9. The van der Waals surface area contributed by atoms with E-state index in [9.17, 15) is 19.5 Å². The van der Waals surface area contributed by atoms with Crippen LogP contribution in [0.3, 0.4) is 0 Å². The fourth-order valence-electron chi connectivity index (χ4n) is 4.83. The summed E-state index contributed by atoms with van der Waals surface area (Å²) < 4.78 is 6.59. The van der Waals surface area contributed by atoms with Gasteiger partial charge in [0.05, 0.1) is 12.7 Å². The summed E-state index contributed by atoms with van der Waals surface area (Å²) in [4.78, 5) is 38.7. The van der Waals surface area contributed by atoms with Gasteiger partial charge in [0.25, 0.3) is 5.91 Å². The van der Waals surface area contributed by atoms with Crippen LogP contribution in [0.1, 0.15) is 58.1 Å². The molecule has 172 valence electrons. The highest BCUT2D eigenvalue weighted by Gasteiger charge is 2.39. The number of nitrogens with zero attached hydrogens (tertiary/aromatic N) is 1. The number of para-hydroxylation sites is 1. The lowest BCUT2D eigenvalue weighted by Gasteiger charge is -2.41. The molecule has 0 aliphatic heterocycles. The van der Waals surface area contributed by atoms with Crippen molar-refractivity contribution in [2.45, 2.75) is 37.1 Å². The molecule has 1 saturated carbocycles. The van der Waals surface area contributed by atoms with Crippen molar-refractivity contribution < 1.29 is 19.4 Å². The number of aromatic hydroxyl groups is 1. The van der Waals surface area contributed by atoms with Gasteiger partial charge in [0.2, 0.25) is 5.88 Å². The molecule has 1 heterocycles. The van der Waals surface area contributed by atoms with Gasteiger partial charge in [0, 0.05) is 18.0 Å². The van der Waals surface area contributed by atoms with Crippen molar-refractivity contribution >= 4 is 12.2 Å². The molecule has 8 nitrogen and oxygen atoms in total. The number of rotatable bonds is 7. The van der Waals surface area contributed by atoms with Gasteiger partial charge in [-0.3, -0.25) is 14.2 Å². The molecule has 0 atom stereocenters. The molecule has 1 fully saturated rings. The predicted molar refractivity (Wildman–Crippen MR) is 123 cm³/mol. The van der Waals surface area contributed by atoms with Crippen LogP contribution in [0.25, 0.3) is 0 Å². The number of hydrogen-bond donors (Lipinski definition) is 3. The lowest BCUT2D eigenvalue weighted by Crippen LogP contribution is -2.44. The van der Waals surface area contributed by atoms with Crippen LogP contribution in [0.2, 0.25) is 0 Å². The number of H-pyrrole nitrogens is 1. The van der Waals surface area contributed by atoms with Gasteiger partial charge in [-0.1, -0.05) is 42.5 Å². The molecule has 0 spiro atoms. The lowest BCUT2D eigenvalue weighted by atomic mass is 9.68. The molecular weight excluding hydrogens is 422 g/mol. The molecular formula is C25H27N3O5. The Bertz CT molecular complexity index is 1190. The molecule has 4 rings (SSSR count). The molecule has 0 unspecified atom stereocenters. The quantitative estimate of drug-likeness (QED) is 0.480. The van der Waals surface area contributed by atoms with E-state index in [1.165, 1.54) is 11.7 Å². The number of benzene rings is 2. The van der Waals surface area contributed by atoms with Crippen LogP contribution < -0.4 is 15.7 Å². The normalized spacial score (nSPS) is 20.2. The minimum absolute atomic E-state index is 0.107. The number of aromatic nitrogens is 2. The maximum absolute atomic E-state index is 12.9. The third-order valence-corrected chi connectivity index (χ3v) is 6.65. The molecule has 1 aromatic heterocycles. The standard InChI is InChI=1S/C25H27N3O5/c1-33-21-10-6-5-9-19(21)22(30)26-16-25(17-7-3-2-4-8-17)13-11-18(12-14-25)28-23(31)20(15-29)27-24(28)32/h2-10,15,18,31H,11-14,16H2,1H3,(H,26,30)(H,27,32). The number of nitrogens with one attached hydrogen (secondary N) is 2. The van der Waals surface area contributed by atoms with E-state index in [2.05, 4.69) is 22.4 Å². The Morgan fingerprint density at radius 1 is 1.18 bits per heavy atom. The van der Waals surface area contributed by atoms with Crippen LogP contribution in [-0.4, -0.2) is 40.5 Å². The average molecular weight is 450 g/mol. The van der Waals surface area contributed by atoms with E-state index in [1.807, 2.05) is 24.3 Å². The molecule has 1 amide bonds. The number of hydrogen-bond acceptors (Lipinski definition) is 5. The Hall–Kier alpha value is -3.81. The molecule has 2 aromatic carbocycles. The van der Waals surface area contributed by atoms with Crippen molar-refractivity contribution in [3.63, 3.8) is 0 Å². The maximum atomic E-state index is 12.9. The second kappa shape index (κ2) is 9.36. The number of carbonyl (C=O) groups excluding carboxylic acids is 2. The van der Waals surface area contributed by atoms with Gasteiger partial charge in [-0.05, 0) is 43.4 Å². The van der Waals surface area contributed by atoms with E-state index >= 15 is 0 Å². The number of methoxy groups -OCH3 is 1. The number of imidazole rings is 1. The molecule has 8 heteroatoms. The Balaban J connectivity index is 1.56. The zero-order valence-corrected chi connectivity index (χ0v) is 18.4. The third-order valence-electron chi connectivity index (χ3n) is 6.65. The van der Waals surface area contributed by atoms with Crippen molar-refractivity contribution in [3.05, 3.63) is 81.9 Å². The minimum Gasteiger partial charge on any atom is -0.496 e. The van der Waals surface area contributed by atoms with Crippen LogP contribution >= 0.6 is 0 Å². The van der Waals surface area contributed by atoms with Crippen LogP contribution in [0.15, 0.2) is 59.4 Å². The summed E-state index contributed by atoms with van der Waals surface area (Å²) in [5.74, 6) is -0.0163. The summed E-state index contributed by atoms with van der Waals surface area (Å²) >= 11 is 0. The van der Waals surface area contributed by atoms with Crippen LogP contribution in [0.4, 0.5) is 0 Å². The number of aromatic amines is 1. The van der Waals surface area contributed by atoms with Crippen LogP contribution in [0.5, 0.6) is 11.6 Å². The first-order chi connectivity index (χ1) is 16.0. The van der Waals surface area contributed by atoms with Gasteiger partial charge in [0.1, 0.15) is 11.4 Å². The molecule has 3 N–H and O–H groups in total. The van der Waals surface area contributed by atoms with Gasteiger partial charge in [-0.2, -0.15) is 0 Å². The summed E-state index contributed by atoms with van der Waals surface area (Å²) in [6.45, 7) is 0.425. The van der Waals surface area contributed by atoms with E-state index in [-0.39, 0.29) is 28.9 Å². The highest BCUT2D eigenvalue weighted by atomic mass is 16.5. The highest BCUT2D eigenvalue weighted by molar-refractivity contribution is 5.97. The fourth-order valence-corrected chi connectivity index (χ4v) is 4.83. The molecule has 0 radical (unpaired) electrons. The zero-order chi connectivity index (χ0) is 23.4. The van der Waals surface area contributed by atoms with E-state index in [4.69, 9.17) is 4.74 Å². The monoisotopic (exact) mass is 449 g/mol. The minimum atomic E-state index is -0.490. The lowest BCUT2D eigenvalue weighted by molar-refractivity contribution is 0.0929. The fraction of sp³-hybridized carbons (Fsp3) is 0.320. The first-order valence-corrected chi connectivity index (χ1v) is 10.9. The highest BCUT2D eigenvalue weighted by Crippen LogP contribution is 2.43. The summed E-state index contributed by atoms with van der Waals surface area (Å²) in [6.07, 6.45) is 3.06. The van der Waals surface area contributed by atoms with E-state index in [0.29, 0.717) is 49.8 Å². The Labute approximate surface area is 191 Å². The summed E-state index contributed by atoms with van der Waals surface area (Å²) in [7, 11) is 1.53. The molecule has 1 aliphatic rings. The summed E-state index contributed by atoms with van der Waals surface area (Å²) in [6, 6.07) is 16.9. The number of amides is 1. The second-order valence-electron chi connectivity index (χ2n) is 8.42. The molecule has 3 aromatic rings. The summed E-state index contributed by atoms with van der Waals surface area (Å²) in [5, 5.41) is 13.4. The van der Waals surface area contributed by atoms with Gasteiger partial charge >= 0.3 is 5.69 Å². The van der Waals surface area contributed by atoms with Crippen LogP contribution in [-0.2, 0) is 5.41 Å². The first kappa shape index (κ1) is 22.4. The van der Waals surface area contributed by atoms with Crippen molar-refractivity contribution in [2.24, 2.45) is 0 Å². The number of aldehydes is 1. The van der Waals surface area contributed by atoms with Crippen molar-refractivity contribution in [1.82, 2.24) is 14.9 Å². The SMILES string of the molecule is COc1ccccc1C(=O)NCC1(c2ccccc2)CCC(n2c(O)c(C=O)[nH]c2=O)CC1. The van der Waals surface area contributed by atoms with Crippen LogP contribution in [0, 0.1) is 0 Å². The predicted octanol–water partition coefficient (Wildman–Crippen LogP) is 3.19. The zero-order valence-electron chi connectivity index (χ0n) is 18.4. The van der Waals surface area contributed by atoms with E-state index in [1.54, 1.807) is 18.2 Å². The number of ether oxygens (including phenoxy) is 1. The third kappa shape index (κ3) is 4.28. The van der Waals surface area contributed by atoms with Crippen molar-refractivity contribution in [2.75, 3.05) is 13.7 Å². The average Bonchev–Trinajstić information content (AvgIpc) is 3.16. The van der Waals surface area contributed by atoms with Gasteiger partial charge in [-0.15, -0.1) is 0 Å². The molecule has 0 saturated heterocycles. The van der Waals surface area contributed by atoms with Crippen molar-refractivity contribution in [3.8, 4) is 11.6 Å². The second-order valence-corrected chi connectivity index (χ2v) is 8.42. The van der Waals surface area contributed by atoms with Crippen molar-refractivity contribution in [1.29, 1.82) is 0 Å². The molecule has 33 heavy (non-hydrogen) atoms. The number of carbonyl (C=O) groups is 2. The Morgan fingerprint density at radius 2 is 1.85 bits per heavy atom. The summed E-state index contributed by atoms with van der Waals surface area (Å²) in [5.41, 5.74) is 0.670. The largest absolute Gasteiger partial charge is 0.496 e. The van der Waals surface area contributed by atoms with E-state index < -0.39 is 5.69 Å². The Morgan fingerprint density at radius 3 is 2.48 bits per heavy atom. The van der Waals surface area contributed by atoms with E-state index in [0.717, 1.165) is 5.56 Å². The smallest absolute Gasteiger partial charge is 0.329 e. The maximum Gasteiger partial charge on any atom is 0.329 e. The molecule has 1 aliphatic carbocycles. The topological polar surface area (TPSA) is 113 Å². The van der Waals surface area contributed by atoms with Gasteiger partial charge in [-0.25, -0.2) is 4.79 Å².